The van der Waals surface area contributed by atoms with Gasteiger partial charge in [-0.3, -0.25) is 0 Å². The summed E-state index contributed by atoms with van der Waals surface area (Å²) in [5.41, 5.74) is 0.462. The number of aliphatic hydroxyl groups is 1. The van der Waals surface area contributed by atoms with E-state index in [2.05, 4.69) is 12.2 Å². The molecule has 3 unspecified atom stereocenters. The van der Waals surface area contributed by atoms with Crippen molar-refractivity contribution in [2.24, 2.45) is 11.3 Å². The third-order valence-corrected chi connectivity index (χ3v) is 4.36. The molecule has 2 aliphatic rings. The molecular weight excluding hydrogens is 162 g/mol. The van der Waals surface area contributed by atoms with Crippen LogP contribution in [-0.4, -0.2) is 24.3 Å². The molecule has 0 aromatic rings. The van der Waals surface area contributed by atoms with Gasteiger partial charge in [-0.15, -0.1) is 0 Å². The molecule has 0 radical (unpaired) electrons. The van der Waals surface area contributed by atoms with E-state index in [9.17, 15) is 5.11 Å². The predicted molar refractivity (Wildman–Crippen MR) is 53.6 cm³/mol. The van der Waals surface area contributed by atoms with E-state index >= 15 is 0 Å². The number of hydrogen-bond acceptors (Lipinski definition) is 2. The molecule has 2 fully saturated rings. The molecule has 0 amide bonds. The fourth-order valence-electron chi connectivity index (χ4n) is 3.67. The van der Waals surface area contributed by atoms with Crippen LogP contribution in [0.15, 0.2) is 0 Å². The lowest BCUT2D eigenvalue weighted by atomic mass is 9.71. The normalized spacial score (nSPS) is 44.8. The third-order valence-electron chi connectivity index (χ3n) is 4.36. The van der Waals surface area contributed by atoms with E-state index in [0.717, 1.165) is 12.5 Å². The molecule has 1 heterocycles. The first-order chi connectivity index (χ1) is 6.33. The van der Waals surface area contributed by atoms with Crippen molar-refractivity contribution in [3.8, 4) is 0 Å². The highest BCUT2D eigenvalue weighted by molar-refractivity contribution is 5.03. The van der Waals surface area contributed by atoms with E-state index in [1.54, 1.807) is 0 Å². The van der Waals surface area contributed by atoms with Gasteiger partial charge in [-0.1, -0.05) is 19.8 Å². The summed E-state index contributed by atoms with van der Waals surface area (Å²) in [6.45, 7) is 3.74. The Bertz CT molecular complexity index is 161. The summed E-state index contributed by atoms with van der Waals surface area (Å²) < 4.78 is 0. The Kier molecular flexibility index (Phi) is 2.61. The fraction of sp³-hybridized carbons (Fsp3) is 1.00. The van der Waals surface area contributed by atoms with Gasteiger partial charge in [-0.05, 0) is 37.1 Å². The van der Waals surface area contributed by atoms with E-state index in [1.165, 1.54) is 32.1 Å². The van der Waals surface area contributed by atoms with Gasteiger partial charge in [0.2, 0.25) is 0 Å². The molecule has 3 atom stereocenters. The van der Waals surface area contributed by atoms with E-state index in [4.69, 9.17) is 0 Å². The minimum Gasteiger partial charge on any atom is -0.395 e. The summed E-state index contributed by atoms with van der Waals surface area (Å²) in [4.78, 5) is 0. The maximum Gasteiger partial charge on any atom is 0.0590 e. The maximum absolute atomic E-state index is 9.34. The molecule has 1 saturated heterocycles. The lowest BCUT2D eigenvalue weighted by molar-refractivity contribution is 0.114. The van der Waals surface area contributed by atoms with E-state index in [0.29, 0.717) is 18.1 Å². The van der Waals surface area contributed by atoms with Crippen LogP contribution in [0.25, 0.3) is 0 Å². The molecule has 76 valence electrons. The Morgan fingerprint density at radius 2 is 2.31 bits per heavy atom. The first kappa shape index (κ1) is 9.47. The molecule has 2 N–H and O–H groups in total. The van der Waals surface area contributed by atoms with Crippen molar-refractivity contribution in [1.82, 2.24) is 5.32 Å². The molecule has 1 spiro atoms. The van der Waals surface area contributed by atoms with Crippen LogP contribution in [0.4, 0.5) is 0 Å². The summed E-state index contributed by atoms with van der Waals surface area (Å²) >= 11 is 0. The molecule has 1 aliphatic carbocycles. The highest BCUT2D eigenvalue weighted by atomic mass is 16.3. The van der Waals surface area contributed by atoms with Crippen molar-refractivity contribution >= 4 is 0 Å². The Morgan fingerprint density at radius 3 is 3.00 bits per heavy atom. The quantitative estimate of drug-likeness (QED) is 0.680. The van der Waals surface area contributed by atoms with Gasteiger partial charge < -0.3 is 10.4 Å². The van der Waals surface area contributed by atoms with Crippen molar-refractivity contribution in [3.63, 3.8) is 0 Å². The van der Waals surface area contributed by atoms with Gasteiger partial charge in [0.25, 0.3) is 0 Å². The van der Waals surface area contributed by atoms with Crippen LogP contribution >= 0.6 is 0 Å². The smallest absolute Gasteiger partial charge is 0.0590 e. The van der Waals surface area contributed by atoms with Crippen LogP contribution in [-0.2, 0) is 0 Å². The largest absolute Gasteiger partial charge is 0.395 e. The van der Waals surface area contributed by atoms with Crippen molar-refractivity contribution in [2.45, 2.75) is 45.1 Å². The molecule has 1 saturated carbocycles. The minimum absolute atomic E-state index is 0.330. The van der Waals surface area contributed by atoms with E-state index in [-0.39, 0.29) is 0 Å². The summed E-state index contributed by atoms with van der Waals surface area (Å²) in [6.07, 6.45) is 6.67. The number of aliphatic hydroxyl groups excluding tert-OH is 1. The molecule has 2 nitrogen and oxygen atoms in total. The second-order valence-electron chi connectivity index (χ2n) is 4.67. The highest BCUT2D eigenvalue weighted by Gasteiger charge is 2.49. The zero-order valence-electron chi connectivity index (χ0n) is 8.55. The SMILES string of the molecule is CCC1CCCC12CCNC2CO. The number of rotatable bonds is 2. The van der Waals surface area contributed by atoms with Crippen molar-refractivity contribution < 1.29 is 5.11 Å². The van der Waals surface area contributed by atoms with Gasteiger partial charge in [0.05, 0.1) is 6.61 Å². The molecule has 2 rings (SSSR count). The average molecular weight is 183 g/mol. The lowest BCUT2D eigenvalue weighted by Crippen LogP contribution is -2.41. The van der Waals surface area contributed by atoms with Crippen LogP contribution in [0.5, 0.6) is 0 Å². The van der Waals surface area contributed by atoms with Gasteiger partial charge in [-0.2, -0.15) is 0 Å². The Labute approximate surface area is 80.7 Å². The van der Waals surface area contributed by atoms with Gasteiger partial charge >= 0.3 is 0 Å². The lowest BCUT2D eigenvalue weighted by Gasteiger charge is -2.35. The van der Waals surface area contributed by atoms with Gasteiger partial charge in [0.1, 0.15) is 0 Å². The summed E-state index contributed by atoms with van der Waals surface area (Å²) in [6, 6.07) is 0.389. The second kappa shape index (κ2) is 3.58. The zero-order valence-corrected chi connectivity index (χ0v) is 8.55. The summed E-state index contributed by atoms with van der Waals surface area (Å²) in [5.74, 6) is 0.861. The second-order valence-corrected chi connectivity index (χ2v) is 4.67. The first-order valence-corrected chi connectivity index (χ1v) is 5.67. The molecule has 0 aromatic carbocycles. The topological polar surface area (TPSA) is 32.3 Å². The van der Waals surface area contributed by atoms with Crippen LogP contribution < -0.4 is 5.32 Å². The van der Waals surface area contributed by atoms with Crippen molar-refractivity contribution in [1.29, 1.82) is 0 Å². The van der Waals surface area contributed by atoms with Crippen LogP contribution in [0.1, 0.15) is 39.0 Å². The molecule has 1 aliphatic heterocycles. The monoisotopic (exact) mass is 183 g/mol. The molecule has 0 bridgehead atoms. The predicted octanol–water partition coefficient (Wildman–Crippen LogP) is 1.54. The molecular formula is C11H21NO. The minimum atomic E-state index is 0.330. The standard InChI is InChI=1S/C11H21NO/c1-2-9-4-3-5-11(9)6-7-12-10(11)8-13/h9-10,12-13H,2-8H2,1H3. The number of nitrogens with one attached hydrogen (secondary N) is 1. The molecule has 2 heteroatoms. The van der Waals surface area contributed by atoms with Gasteiger partial charge in [0, 0.05) is 6.04 Å². The van der Waals surface area contributed by atoms with Crippen LogP contribution in [0.3, 0.4) is 0 Å². The van der Waals surface area contributed by atoms with E-state index in [1.807, 2.05) is 0 Å². The Balaban J connectivity index is 2.16. The first-order valence-electron chi connectivity index (χ1n) is 5.67. The summed E-state index contributed by atoms with van der Waals surface area (Å²) in [5, 5.41) is 12.8. The Morgan fingerprint density at radius 1 is 1.46 bits per heavy atom. The zero-order chi connectivity index (χ0) is 9.31. The molecule has 13 heavy (non-hydrogen) atoms. The Hall–Kier alpha value is -0.0800. The average Bonchev–Trinajstić information content (AvgIpc) is 2.74. The van der Waals surface area contributed by atoms with Crippen LogP contribution in [0.2, 0.25) is 0 Å². The molecule has 0 aromatic heterocycles. The summed E-state index contributed by atoms with van der Waals surface area (Å²) in [7, 11) is 0. The third kappa shape index (κ3) is 1.31. The van der Waals surface area contributed by atoms with Gasteiger partial charge in [0.15, 0.2) is 0 Å². The number of hydrogen-bond donors (Lipinski definition) is 2. The fourth-order valence-corrected chi connectivity index (χ4v) is 3.67. The highest BCUT2D eigenvalue weighted by Crippen LogP contribution is 2.51. The van der Waals surface area contributed by atoms with Crippen LogP contribution in [0, 0.1) is 11.3 Å². The van der Waals surface area contributed by atoms with E-state index < -0.39 is 0 Å². The van der Waals surface area contributed by atoms with Crippen molar-refractivity contribution in [2.75, 3.05) is 13.2 Å². The maximum atomic E-state index is 9.34. The van der Waals surface area contributed by atoms with Crippen molar-refractivity contribution in [3.05, 3.63) is 0 Å². The van der Waals surface area contributed by atoms with Gasteiger partial charge in [-0.25, -0.2) is 0 Å².